The molecule has 0 unspecified atom stereocenters. The van der Waals surface area contributed by atoms with Gasteiger partial charge < -0.3 is 14.8 Å². The molecular formula is C26H30N4O5S. The number of aromatic nitrogens is 1. The number of primary sulfonamides is 1. The van der Waals surface area contributed by atoms with E-state index < -0.39 is 21.7 Å². The number of ketones is 1. The predicted octanol–water partition coefficient (Wildman–Crippen LogP) is 2.23. The second-order valence-corrected chi connectivity index (χ2v) is 10.6. The van der Waals surface area contributed by atoms with Crippen LogP contribution in [-0.4, -0.2) is 55.1 Å². The molecule has 190 valence electrons. The molecule has 3 aromatic rings. The highest BCUT2D eigenvalue weighted by Gasteiger charge is 2.23. The second-order valence-electron chi connectivity index (χ2n) is 9.01. The van der Waals surface area contributed by atoms with Gasteiger partial charge in [-0.15, -0.1) is 0 Å². The zero-order valence-electron chi connectivity index (χ0n) is 20.0. The molecule has 2 aromatic carbocycles. The van der Waals surface area contributed by atoms with Crippen LogP contribution >= 0.6 is 0 Å². The molecule has 10 heteroatoms. The minimum absolute atomic E-state index is 0.00885. The highest BCUT2D eigenvalue weighted by molar-refractivity contribution is 7.89. The first-order chi connectivity index (χ1) is 17.2. The van der Waals surface area contributed by atoms with Gasteiger partial charge >= 0.3 is 0 Å². The van der Waals surface area contributed by atoms with Gasteiger partial charge in [0.25, 0.3) is 11.7 Å². The molecule has 9 nitrogen and oxygen atoms in total. The van der Waals surface area contributed by atoms with Crippen LogP contribution in [0.1, 0.15) is 41.6 Å². The minimum Gasteiger partial charge on any atom is -0.349 e. The van der Waals surface area contributed by atoms with Crippen molar-refractivity contribution in [1.29, 1.82) is 0 Å². The standard InChI is InChI=1S/C26H30N4O5S/c27-36(34,35)20-11-9-19(10-12-20)13-14-28-26(33)25(32)22-17-30(23-8-4-3-7-21(22)23)18-24(31)29-15-5-1-2-6-16-29/h3-4,7-12,17H,1-2,5-6,13-16,18H2,(H,28,33)(H2,27,34,35). The van der Waals surface area contributed by atoms with Crippen molar-refractivity contribution in [3.05, 3.63) is 65.9 Å². The summed E-state index contributed by atoms with van der Waals surface area (Å²) in [6, 6.07) is 13.3. The number of hydrogen-bond donors (Lipinski definition) is 2. The summed E-state index contributed by atoms with van der Waals surface area (Å²) in [4.78, 5) is 40.5. The summed E-state index contributed by atoms with van der Waals surface area (Å²) >= 11 is 0. The van der Waals surface area contributed by atoms with Gasteiger partial charge in [0.15, 0.2) is 0 Å². The van der Waals surface area contributed by atoms with Crippen LogP contribution in [-0.2, 0) is 32.6 Å². The normalized spacial score (nSPS) is 14.4. The van der Waals surface area contributed by atoms with Crippen LogP contribution in [0.5, 0.6) is 0 Å². The van der Waals surface area contributed by atoms with Crippen LogP contribution in [0.15, 0.2) is 59.6 Å². The van der Waals surface area contributed by atoms with Gasteiger partial charge in [-0.1, -0.05) is 43.2 Å². The quantitative estimate of drug-likeness (QED) is 0.354. The molecule has 0 atom stereocenters. The van der Waals surface area contributed by atoms with Crippen LogP contribution in [0.2, 0.25) is 0 Å². The van der Waals surface area contributed by atoms with Crippen molar-refractivity contribution in [2.75, 3.05) is 19.6 Å². The average molecular weight is 511 g/mol. The lowest BCUT2D eigenvalue weighted by molar-refractivity contribution is -0.131. The van der Waals surface area contributed by atoms with Crippen molar-refractivity contribution in [3.8, 4) is 0 Å². The first-order valence-corrected chi connectivity index (χ1v) is 13.6. The van der Waals surface area contributed by atoms with E-state index in [1.165, 1.54) is 12.1 Å². The molecule has 1 aliphatic heterocycles. The maximum Gasteiger partial charge on any atom is 0.292 e. The molecular weight excluding hydrogens is 480 g/mol. The van der Waals surface area contributed by atoms with E-state index in [9.17, 15) is 22.8 Å². The number of rotatable bonds is 8. The fourth-order valence-corrected chi connectivity index (χ4v) is 5.01. The number of sulfonamides is 1. The number of para-hydroxylation sites is 1. The van der Waals surface area contributed by atoms with Crippen LogP contribution < -0.4 is 10.5 Å². The number of fused-ring (bicyclic) bond motifs is 1. The van der Waals surface area contributed by atoms with E-state index in [0.717, 1.165) is 49.9 Å². The monoisotopic (exact) mass is 510 g/mol. The number of likely N-dealkylation sites (tertiary alicyclic amines) is 1. The predicted molar refractivity (Wildman–Crippen MR) is 136 cm³/mol. The number of nitrogens with zero attached hydrogens (tertiary/aromatic N) is 2. The smallest absolute Gasteiger partial charge is 0.292 e. The van der Waals surface area contributed by atoms with Crippen LogP contribution in [0.4, 0.5) is 0 Å². The van der Waals surface area contributed by atoms with Gasteiger partial charge in [0, 0.05) is 36.7 Å². The minimum atomic E-state index is -3.77. The Kier molecular flexibility index (Phi) is 7.85. The lowest BCUT2D eigenvalue weighted by Crippen LogP contribution is -2.34. The molecule has 4 rings (SSSR count). The van der Waals surface area contributed by atoms with Gasteiger partial charge in [-0.3, -0.25) is 14.4 Å². The Morgan fingerprint density at radius 3 is 2.25 bits per heavy atom. The summed E-state index contributed by atoms with van der Waals surface area (Å²) in [5.41, 5.74) is 1.77. The number of nitrogens with one attached hydrogen (secondary N) is 1. The first-order valence-electron chi connectivity index (χ1n) is 12.0. The Labute approximate surface area is 210 Å². The fourth-order valence-electron chi connectivity index (χ4n) is 4.49. The topological polar surface area (TPSA) is 132 Å². The molecule has 0 spiro atoms. The Bertz CT molecular complexity index is 1370. The van der Waals surface area contributed by atoms with E-state index in [1.807, 2.05) is 17.0 Å². The van der Waals surface area contributed by atoms with Crippen LogP contribution in [0.25, 0.3) is 10.9 Å². The number of carbonyl (C=O) groups is 3. The van der Waals surface area contributed by atoms with Gasteiger partial charge in [0.1, 0.15) is 6.54 Å². The largest absolute Gasteiger partial charge is 0.349 e. The maximum absolute atomic E-state index is 13.0. The number of amides is 2. The van der Waals surface area contributed by atoms with Gasteiger partial charge in [0.2, 0.25) is 15.9 Å². The third-order valence-corrected chi connectivity index (χ3v) is 7.38. The van der Waals surface area contributed by atoms with Gasteiger partial charge in [-0.05, 0) is 43.0 Å². The fraction of sp³-hybridized carbons (Fsp3) is 0.346. The Morgan fingerprint density at radius 1 is 0.917 bits per heavy atom. The van der Waals surface area contributed by atoms with E-state index >= 15 is 0 Å². The Balaban J connectivity index is 1.42. The number of carbonyl (C=O) groups excluding carboxylic acids is 3. The third-order valence-electron chi connectivity index (χ3n) is 6.45. The molecule has 0 saturated carbocycles. The van der Waals surface area contributed by atoms with Crippen molar-refractivity contribution < 1.29 is 22.8 Å². The third kappa shape index (κ3) is 6.00. The SMILES string of the molecule is NS(=O)(=O)c1ccc(CCNC(=O)C(=O)c2cn(CC(=O)N3CCCCCC3)c3ccccc23)cc1. The molecule has 1 aromatic heterocycles. The molecule has 3 N–H and O–H groups in total. The van der Waals surface area contributed by atoms with Crippen molar-refractivity contribution in [1.82, 2.24) is 14.8 Å². The Hall–Kier alpha value is -3.50. The van der Waals surface area contributed by atoms with Crippen LogP contribution in [0.3, 0.4) is 0 Å². The summed E-state index contributed by atoms with van der Waals surface area (Å²) in [6.45, 7) is 1.81. The average Bonchev–Trinajstić information content (AvgIpc) is 3.02. The molecule has 0 bridgehead atoms. The zero-order chi connectivity index (χ0) is 25.7. The molecule has 2 heterocycles. The van der Waals surface area contributed by atoms with Gasteiger partial charge in [-0.2, -0.15) is 0 Å². The van der Waals surface area contributed by atoms with Crippen molar-refractivity contribution >= 4 is 38.5 Å². The van der Waals surface area contributed by atoms with Crippen molar-refractivity contribution in [2.24, 2.45) is 5.14 Å². The van der Waals surface area contributed by atoms with Crippen molar-refractivity contribution in [2.45, 2.75) is 43.5 Å². The number of hydrogen-bond acceptors (Lipinski definition) is 5. The summed E-state index contributed by atoms with van der Waals surface area (Å²) in [7, 11) is -3.77. The highest BCUT2D eigenvalue weighted by Crippen LogP contribution is 2.22. The molecule has 36 heavy (non-hydrogen) atoms. The maximum atomic E-state index is 13.0. The van der Waals surface area contributed by atoms with E-state index in [-0.39, 0.29) is 29.5 Å². The molecule has 2 amide bonds. The summed E-state index contributed by atoms with van der Waals surface area (Å²) < 4.78 is 24.5. The zero-order valence-corrected chi connectivity index (χ0v) is 20.8. The van der Waals surface area contributed by atoms with Crippen LogP contribution in [0, 0.1) is 0 Å². The van der Waals surface area contributed by atoms with E-state index in [0.29, 0.717) is 11.8 Å². The molecule has 1 saturated heterocycles. The van der Waals surface area contributed by atoms with Gasteiger partial charge in [0.05, 0.1) is 10.5 Å². The molecule has 1 fully saturated rings. The summed E-state index contributed by atoms with van der Waals surface area (Å²) in [5, 5.41) is 8.36. The van der Waals surface area contributed by atoms with E-state index in [2.05, 4.69) is 5.32 Å². The van der Waals surface area contributed by atoms with Crippen molar-refractivity contribution in [3.63, 3.8) is 0 Å². The lowest BCUT2D eigenvalue weighted by atomic mass is 10.1. The highest BCUT2D eigenvalue weighted by atomic mass is 32.2. The summed E-state index contributed by atoms with van der Waals surface area (Å²) in [5.74, 6) is -1.40. The summed E-state index contributed by atoms with van der Waals surface area (Å²) in [6.07, 6.45) is 6.26. The molecule has 1 aliphatic rings. The number of Topliss-reactive ketones (excluding diaryl/α,β-unsaturated/α-hetero) is 1. The second kappa shape index (κ2) is 11.0. The van der Waals surface area contributed by atoms with E-state index in [1.54, 1.807) is 35.0 Å². The lowest BCUT2D eigenvalue weighted by Gasteiger charge is -2.20. The Morgan fingerprint density at radius 2 is 1.58 bits per heavy atom. The molecule has 0 aliphatic carbocycles. The van der Waals surface area contributed by atoms with Gasteiger partial charge in [-0.25, -0.2) is 13.6 Å². The van der Waals surface area contributed by atoms with E-state index in [4.69, 9.17) is 5.14 Å². The molecule has 0 radical (unpaired) electrons. The number of benzene rings is 2. The number of nitrogens with two attached hydrogens (primary N) is 1. The first kappa shape index (κ1) is 25.6.